The lowest BCUT2D eigenvalue weighted by atomic mass is 9.97. The second kappa shape index (κ2) is 7.53. The van der Waals surface area contributed by atoms with Crippen molar-refractivity contribution >= 4 is 16.7 Å². The highest BCUT2D eigenvalue weighted by Crippen LogP contribution is 2.41. The van der Waals surface area contributed by atoms with Crippen LogP contribution >= 0.6 is 0 Å². The average Bonchev–Trinajstić information content (AvgIpc) is 3.00. The van der Waals surface area contributed by atoms with Gasteiger partial charge in [0.2, 0.25) is 5.91 Å². The predicted molar refractivity (Wildman–Crippen MR) is 92.6 cm³/mol. The fourth-order valence-electron chi connectivity index (χ4n) is 3.15. The van der Waals surface area contributed by atoms with Gasteiger partial charge >= 0.3 is 6.18 Å². The van der Waals surface area contributed by atoms with Crippen LogP contribution in [0.25, 0.3) is 10.8 Å². The first-order valence-electron chi connectivity index (χ1n) is 8.68. The number of hydrazine groups is 1. The maximum Gasteiger partial charge on any atom is 0.409 e. The Bertz CT molecular complexity index is 792. The van der Waals surface area contributed by atoms with Crippen molar-refractivity contribution in [3.05, 3.63) is 42.0 Å². The molecule has 1 fully saturated rings. The van der Waals surface area contributed by atoms with E-state index in [0.29, 0.717) is 23.1 Å². The molecule has 140 valence electrons. The third-order valence-electron chi connectivity index (χ3n) is 4.42. The van der Waals surface area contributed by atoms with Gasteiger partial charge in [-0.15, -0.1) is 0 Å². The van der Waals surface area contributed by atoms with E-state index in [0.717, 1.165) is 17.9 Å². The highest BCUT2D eigenvalue weighted by molar-refractivity contribution is 5.87. The fraction of sp³-hybridized carbons (Fsp3) is 0.421. The Balaban J connectivity index is 2.02. The number of hydrogen-bond donors (Lipinski definition) is 1. The van der Waals surface area contributed by atoms with Gasteiger partial charge in [-0.1, -0.05) is 37.6 Å². The number of halogens is 3. The zero-order valence-electron chi connectivity index (χ0n) is 14.5. The van der Waals surface area contributed by atoms with Gasteiger partial charge in [0, 0.05) is 13.0 Å². The minimum Gasteiger partial charge on any atom is -0.494 e. The van der Waals surface area contributed by atoms with Gasteiger partial charge in [-0.25, -0.2) is 5.01 Å². The molecule has 2 aromatic rings. The van der Waals surface area contributed by atoms with Crippen molar-refractivity contribution in [1.82, 2.24) is 10.4 Å². The number of nitrogens with zero attached hydrogens (tertiary/aromatic N) is 1. The number of unbranched alkanes of at least 4 members (excludes halogenated alkanes) is 1. The van der Waals surface area contributed by atoms with Crippen molar-refractivity contribution in [2.24, 2.45) is 0 Å². The molecule has 0 radical (unpaired) electrons. The van der Waals surface area contributed by atoms with Crippen LogP contribution in [0.3, 0.4) is 0 Å². The summed E-state index contributed by atoms with van der Waals surface area (Å²) in [6, 6.07) is 8.11. The lowest BCUT2D eigenvalue weighted by Crippen LogP contribution is -2.43. The Morgan fingerprint density at radius 2 is 2.08 bits per heavy atom. The van der Waals surface area contributed by atoms with E-state index in [1.807, 2.05) is 6.92 Å². The van der Waals surface area contributed by atoms with E-state index in [4.69, 9.17) is 4.74 Å². The summed E-state index contributed by atoms with van der Waals surface area (Å²) in [6.45, 7) is 2.58. The standard InChI is InChI=1S/C19H21F3N2O2/c1-2-3-11-26-14-8-7-13-5-4-6-15(16(13)12-14)18(19(20,21)22)24-10-9-17(25)23-24/h4-8,12,18H,2-3,9-11H2,1H3,(H,23,25)/t18-/m0/s1. The molecule has 2 aromatic carbocycles. The summed E-state index contributed by atoms with van der Waals surface area (Å²) in [5.41, 5.74) is 2.43. The number of alkyl halides is 3. The number of rotatable bonds is 6. The molecule has 0 saturated carbocycles. The summed E-state index contributed by atoms with van der Waals surface area (Å²) >= 11 is 0. The molecule has 7 heteroatoms. The van der Waals surface area contributed by atoms with Crippen LogP contribution in [0.4, 0.5) is 13.2 Å². The summed E-state index contributed by atoms with van der Waals surface area (Å²) in [5.74, 6) is 0.146. The lowest BCUT2D eigenvalue weighted by molar-refractivity contribution is -0.190. The van der Waals surface area contributed by atoms with Crippen LogP contribution in [0.1, 0.15) is 37.8 Å². The number of benzene rings is 2. The Morgan fingerprint density at radius 1 is 1.27 bits per heavy atom. The molecule has 1 saturated heterocycles. The molecule has 1 aliphatic rings. The van der Waals surface area contributed by atoms with Crippen LogP contribution in [-0.2, 0) is 4.79 Å². The quantitative estimate of drug-likeness (QED) is 0.773. The zero-order chi connectivity index (χ0) is 18.7. The van der Waals surface area contributed by atoms with Gasteiger partial charge in [0.25, 0.3) is 0 Å². The van der Waals surface area contributed by atoms with Crippen LogP contribution in [0.2, 0.25) is 0 Å². The van der Waals surface area contributed by atoms with Crippen LogP contribution in [0.5, 0.6) is 5.75 Å². The van der Waals surface area contributed by atoms with E-state index in [1.54, 1.807) is 30.3 Å². The van der Waals surface area contributed by atoms with E-state index in [9.17, 15) is 18.0 Å². The topological polar surface area (TPSA) is 41.6 Å². The Kier molecular flexibility index (Phi) is 5.36. The normalized spacial score (nSPS) is 16.7. The van der Waals surface area contributed by atoms with Crippen LogP contribution < -0.4 is 10.2 Å². The summed E-state index contributed by atoms with van der Waals surface area (Å²) in [5, 5.41) is 2.15. The predicted octanol–water partition coefficient (Wildman–Crippen LogP) is 4.36. The van der Waals surface area contributed by atoms with Crippen molar-refractivity contribution in [2.75, 3.05) is 13.2 Å². The number of carbonyl (C=O) groups excluding carboxylic acids is 1. The molecule has 1 atom stereocenters. The Labute approximate surface area is 149 Å². The van der Waals surface area contributed by atoms with Crippen molar-refractivity contribution in [3.8, 4) is 5.75 Å². The number of carbonyl (C=O) groups is 1. The monoisotopic (exact) mass is 366 g/mol. The summed E-state index contributed by atoms with van der Waals surface area (Å²) < 4.78 is 47.2. The molecular weight excluding hydrogens is 345 g/mol. The van der Waals surface area contributed by atoms with E-state index in [2.05, 4.69) is 5.43 Å². The van der Waals surface area contributed by atoms with Crippen molar-refractivity contribution in [3.63, 3.8) is 0 Å². The molecule has 0 aliphatic carbocycles. The van der Waals surface area contributed by atoms with E-state index >= 15 is 0 Å². The minimum absolute atomic E-state index is 0.0199. The van der Waals surface area contributed by atoms with Gasteiger partial charge in [-0.05, 0) is 34.9 Å². The minimum atomic E-state index is -4.52. The number of nitrogens with one attached hydrogen (secondary N) is 1. The third kappa shape index (κ3) is 3.93. The molecule has 0 spiro atoms. The SMILES string of the molecule is CCCCOc1ccc2cccc([C@H](N3CCC(=O)N3)C(F)(F)F)c2c1. The fourth-order valence-corrected chi connectivity index (χ4v) is 3.15. The van der Waals surface area contributed by atoms with Crippen LogP contribution in [0, 0.1) is 0 Å². The molecular formula is C19H21F3N2O2. The van der Waals surface area contributed by atoms with Gasteiger partial charge in [0.1, 0.15) is 5.75 Å². The van der Waals surface area contributed by atoms with Crippen molar-refractivity contribution in [2.45, 2.75) is 38.4 Å². The van der Waals surface area contributed by atoms with Gasteiger partial charge in [-0.2, -0.15) is 13.2 Å². The molecule has 1 amide bonds. The maximum absolute atomic E-state index is 13.8. The molecule has 0 aromatic heterocycles. The molecule has 0 unspecified atom stereocenters. The van der Waals surface area contributed by atoms with E-state index in [1.165, 1.54) is 6.07 Å². The second-order valence-corrected chi connectivity index (χ2v) is 6.35. The van der Waals surface area contributed by atoms with E-state index < -0.39 is 18.1 Å². The Hall–Kier alpha value is -2.28. The van der Waals surface area contributed by atoms with Gasteiger partial charge < -0.3 is 4.74 Å². The molecule has 26 heavy (non-hydrogen) atoms. The number of ether oxygens (including phenoxy) is 1. The molecule has 1 aliphatic heterocycles. The molecule has 4 nitrogen and oxygen atoms in total. The lowest BCUT2D eigenvalue weighted by Gasteiger charge is -2.30. The summed E-state index contributed by atoms with van der Waals surface area (Å²) in [7, 11) is 0. The first-order valence-corrected chi connectivity index (χ1v) is 8.68. The highest BCUT2D eigenvalue weighted by atomic mass is 19.4. The maximum atomic E-state index is 13.8. The Morgan fingerprint density at radius 3 is 2.73 bits per heavy atom. The summed E-state index contributed by atoms with van der Waals surface area (Å²) in [4.78, 5) is 11.4. The smallest absolute Gasteiger partial charge is 0.409 e. The molecule has 3 rings (SSSR count). The number of amides is 1. The summed E-state index contributed by atoms with van der Waals surface area (Å²) in [6.07, 6.45) is -2.61. The van der Waals surface area contributed by atoms with Crippen LogP contribution in [-0.4, -0.2) is 30.2 Å². The first-order chi connectivity index (χ1) is 12.4. The zero-order valence-corrected chi connectivity index (χ0v) is 14.5. The van der Waals surface area contributed by atoms with E-state index in [-0.39, 0.29) is 18.5 Å². The number of hydrogen-bond acceptors (Lipinski definition) is 3. The first kappa shape index (κ1) is 18.5. The highest BCUT2D eigenvalue weighted by Gasteiger charge is 2.47. The third-order valence-corrected chi connectivity index (χ3v) is 4.42. The molecule has 0 bridgehead atoms. The molecule has 1 N–H and O–H groups in total. The van der Waals surface area contributed by atoms with Crippen LogP contribution in [0.15, 0.2) is 36.4 Å². The van der Waals surface area contributed by atoms with Gasteiger partial charge in [-0.3, -0.25) is 10.2 Å². The average molecular weight is 366 g/mol. The van der Waals surface area contributed by atoms with Crippen molar-refractivity contribution < 1.29 is 22.7 Å². The van der Waals surface area contributed by atoms with Gasteiger partial charge in [0.05, 0.1) is 6.61 Å². The van der Waals surface area contributed by atoms with Gasteiger partial charge in [0.15, 0.2) is 6.04 Å². The largest absolute Gasteiger partial charge is 0.494 e. The second-order valence-electron chi connectivity index (χ2n) is 6.35. The van der Waals surface area contributed by atoms with Crippen molar-refractivity contribution in [1.29, 1.82) is 0 Å². The molecule has 1 heterocycles. The number of fused-ring (bicyclic) bond motifs is 1.